The van der Waals surface area contributed by atoms with E-state index in [9.17, 15) is 0 Å². The summed E-state index contributed by atoms with van der Waals surface area (Å²) in [5.74, 6) is 0. The van der Waals surface area contributed by atoms with E-state index >= 15 is 0 Å². The Morgan fingerprint density at radius 1 is 0.333 bits per heavy atom. The van der Waals surface area contributed by atoms with Gasteiger partial charge in [0.1, 0.15) is 0 Å². The molecule has 0 aliphatic carbocycles. The monoisotopic (exact) mass is 808 g/mol. The molecule has 302 valence electrons. The number of hydrogen-bond acceptors (Lipinski definition) is 2. The number of nitrogens with zero attached hydrogens (tertiary/aromatic N) is 2. The Morgan fingerprint density at radius 3 is 1.08 bits per heavy atom. The van der Waals surface area contributed by atoms with Crippen molar-refractivity contribution in [2.45, 2.75) is 6.92 Å². The Labute approximate surface area is 372 Å². The predicted octanol–water partition coefficient (Wildman–Crippen LogP) is 17.4. The third kappa shape index (κ3) is 9.12. The van der Waals surface area contributed by atoms with Crippen LogP contribution in [0, 0.1) is 0 Å². The first-order valence-electron chi connectivity index (χ1n) is 21.5. The Hall–Kier alpha value is -8.20. The third-order valence-electron chi connectivity index (χ3n) is 11.3. The van der Waals surface area contributed by atoms with E-state index in [1.807, 2.05) is 19.1 Å². The van der Waals surface area contributed by atoms with Gasteiger partial charge in [-0.1, -0.05) is 183 Å². The smallest absolute Gasteiger partial charge is 0.0488 e. The van der Waals surface area contributed by atoms with Crippen molar-refractivity contribution >= 4 is 39.7 Å². The van der Waals surface area contributed by atoms with Crippen LogP contribution >= 0.6 is 0 Å². The fourth-order valence-electron chi connectivity index (χ4n) is 8.18. The van der Waals surface area contributed by atoms with Gasteiger partial charge in [-0.25, -0.2) is 0 Å². The standard InChI is InChI=1S/C61H48N2/c1-3-5-21-46(4-2)50-32-36-58(37-33-50)62(56-28-17-9-18-29-56)60-43-55(54-41-52(48-24-13-7-14-25-48)40-53(42-54)49-26-15-8-16-27-49)44-61(45-60)63(57-30-19-10-20-31-57)59-38-34-51(35-39-59)47-22-11-6-12-23-47/h3-45H,2H2,1H3/b5-3-,46-21+. The molecule has 9 aromatic rings. The normalized spacial score (nSPS) is 11.3. The van der Waals surface area contributed by atoms with Gasteiger partial charge in [0, 0.05) is 34.1 Å². The topological polar surface area (TPSA) is 6.48 Å². The zero-order valence-corrected chi connectivity index (χ0v) is 35.4. The minimum atomic E-state index is 1.03. The minimum Gasteiger partial charge on any atom is -0.310 e. The first-order chi connectivity index (χ1) is 31.1. The van der Waals surface area contributed by atoms with Crippen LogP contribution in [0.5, 0.6) is 0 Å². The molecule has 0 bridgehead atoms. The quantitative estimate of drug-likeness (QED) is 0.107. The number of para-hydroxylation sites is 2. The van der Waals surface area contributed by atoms with Crippen LogP contribution < -0.4 is 9.80 Å². The molecule has 0 unspecified atom stereocenters. The molecule has 0 saturated heterocycles. The largest absolute Gasteiger partial charge is 0.310 e. The third-order valence-corrected chi connectivity index (χ3v) is 11.3. The van der Waals surface area contributed by atoms with Crippen LogP contribution in [-0.4, -0.2) is 0 Å². The predicted molar refractivity (Wildman–Crippen MR) is 271 cm³/mol. The van der Waals surface area contributed by atoms with Crippen molar-refractivity contribution in [3.05, 3.63) is 273 Å². The van der Waals surface area contributed by atoms with Crippen molar-refractivity contribution in [1.82, 2.24) is 0 Å². The van der Waals surface area contributed by atoms with Gasteiger partial charge in [-0.05, 0) is 147 Å². The number of rotatable bonds is 13. The SMILES string of the molecule is C=C/C(=C\C=C/C)c1ccc(N(c2ccccc2)c2cc(-c3cc(-c4ccccc4)cc(-c4ccccc4)c3)cc(N(c3ccccc3)c3ccc(-c4ccccc4)cc3)c2)cc1. The van der Waals surface area contributed by atoms with Crippen molar-refractivity contribution in [3.63, 3.8) is 0 Å². The van der Waals surface area contributed by atoms with Crippen molar-refractivity contribution < 1.29 is 0 Å². The van der Waals surface area contributed by atoms with Gasteiger partial charge in [-0.3, -0.25) is 0 Å². The van der Waals surface area contributed by atoms with Crippen LogP contribution in [0.4, 0.5) is 34.1 Å². The molecule has 0 aromatic heterocycles. The second-order valence-corrected chi connectivity index (χ2v) is 15.4. The summed E-state index contributed by atoms with van der Waals surface area (Å²) >= 11 is 0. The Bertz CT molecular complexity index is 2910. The lowest BCUT2D eigenvalue weighted by Gasteiger charge is -2.30. The Morgan fingerprint density at radius 2 is 0.667 bits per heavy atom. The summed E-state index contributed by atoms with van der Waals surface area (Å²) in [6.45, 7) is 6.14. The molecule has 0 fully saturated rings. The van der Waals surface area contributed by atoms with Gasteiger partial charge in [-0.15, -0.1) is 0 Å². The molecular formula is C61H48N2. The first-order valence-corrected chi connectivity index (χ1v) is 21.5. The van der Waals surface area contributed by atoms with Crippen molar-refractivity contribution in [1.29, 1.82) is 0 Å². The molecule has 0 radical (unpaired) electrons. The highest BCUT2D eigenvalue weighted by Crippen LogP contribution is 2.45. The van der Waals surface area contributed by atoms with Crippen LogP contribution in [0.1, 0.15) is 12.5 Å². The fourth-order valence-corrected chi connectivity index (χ4v) is 8.18. The molecule has 0 heterocycles. The average Bonchev–Trinajstić information content (AvgIpc) is 3.36. The average molecular weight is 809 g/mol. The highest BCUT2D eigenvalue weighted by Gasteiger charge is 2.20. The molecule has 2 nitrogen and oxygen atoms in total. The summed E-state index contributed by atoms with van der Waals surface area (Å²) in [7, 11) is 0. The maximum atomic E-state index is 4.11. The molecule has 0 atom stereocenters. The zero-order chi connectivity index (χ0) is 42.8. The van der Waals surface area contributed by atoms with E-state index < -0.39 is 0 Å². The molecular weight excluding hydrogens is 761 g/mol. The molecule has 9 rings (SSSR count). The number of hydrogen-bond donors (Lipinski definition) is 0. The van der Waals surface area contributed by atoms with E-state index in [1.165, 1.54) is 22.3 Å². The lowest BCUT2D eigenvalue weighted by Crippen LogP contribution is -2.13. The molecule has 0 aliphatic rings. The highest BCUT2D eigenvalue weighted by atomic mass is 15.2. The highest BCUT2D eigenvalue weighted by molar-refractivity contribution is 5.90. The summed E-state index contributed by atoms with van der Waals surface area (Å²) in [6.07, 6.45) is 8.11. The van der Waals surface area contributed by atoms with Gasteiger partial charge in [0.2, 0.25) is 0 Å². The fraction of sp³-hybridized carbons (Fsp3) is 0.0164. The van der Waals surface area contributed by atoms with E-state index in [0.717, 1.165) is 67.5 Å². The summed E-state index contributed by atoms with van der Waals surface area (Å²) in [5, 5.41) is 0. The van der Waals surface area contributed by atoms with Crippen LogP contribution in [0.15, 0.2) is 267 Å². The van der Waals surface area contributed by atoms with Crippen LogP contribution in [0.3, 0.4) is 0 Å². The van der Waals surface area contributed by atoms with Gasteiger partial charge < -0.3 is 9.80 Å². The van der Waals surface area contributed by atoms with Crippen LogP contribution in [0.25, 0.3) is 50.1 Å². The van der Waals surface area contributed by atoms with Gasteiger partial charge in [0.15, 0.2) is 0 Å². The molecule has 0 N–H and O–H groups in total. The van der Waals surface area contributed by atoms with Gasteiger partial charge >= 0.3 is 0 Å². The Balaban J connectivity index is 1.29. The minimum absolute atomic E-state index is 1.03. The van der Waals surface area contributed by atoms with Crippen LogP contribution in [-0.2, 0) is 0 Å². The molecule has 2 heteroatoms. The van der Waals surface area contributed by atoms with Crippen molar-refractivity contribution in [3.8, 4) is 44.5 Å². The molecule has 0 spiro atoms. The number of allylic oxidation sites excluding steroid dienone is 5. The van der Waals surface area contributed by atoms with E-state index in [4.69, 9.17) is 0 Å². The summed E-state index contributed by atoms with van der Waals surface area (Å²) < 4.78 is 0. The van der Waals surface area contributed by atoms with Gasteiger partial charge in [0.05, 0.1) is 0 Å². The molecule has 9 aromatic carbocycles. The number of anilines is 6. The summed E-state index contributed by atoms with van der Waals surface area (Å²) in [4.78, 5) is 4.73. The Kier molecular flexibility index (Phi) is 12.1. The molecule has 0 amide bonds. The molecule has 63 heavy (non-hydrogen) atoms. The second kappa shape index (κ2) is 19.0. The van der Waals surface area contributed by atoms with Crippen molar-refractivity contribution in [2.75, 3.05) is 9.80 Å². The van der Waals surface area contributed by atoms with E-state index in [-0.39, 0.29) is 0 Å². The van der Waals surface area contributed by atoms with Gasteiger partial charge in [0.25, 0.3) is 0 Å². The lowest BCUT2D eigenvalue weighted by atomic mass is 9.92. The first kappa shape index (κ1) is 40.2. The molecule has 0 aliphatic heterocycles. The summed E-state index contributed by atoms with van der Waals surface area (Å²) in [6, 6.07) is 85.0. The maximum Gasteiger partial charge on any atom is 0.0488 e. The second-order valence-electron chi connectivity index (χ2n) is 15.4. The van der Waals surface area contributed by atoms with E-state index in [0.29, 0.717) is 0 Å². The molecule has 0 saturated carbocycles. The van der Waals surface area contributed by atoms with E-state index in [2.05, 4.69) is 265 Å². The lowest BCUT2D eigenvalue weighted by molar-refractivity contribution is 1.25. The number of benzene rings is 9. The van der Waals surface area contributed by atoms with Gasteiger partial charge in [-0.2, -0.15) is 0 Å². The zero-order valence-electron chi connectivity index (χ0n) is 35.4. The van der Waals surface area contributed by atoms with E-state index in [1.54, 1.807) is 0 Å². The summed E-state index contributed by atoms with van der Waals surface area (Å²) in [5.41, 5.74) is 17.7. The maximum absolute atomic E-state index is 4.11. The van der Waals surface area contributed by atoms with Crippen molar-refractivity contribution in [2.24, 2.45) is 0 Å². The van der Waals surface area contributed by atoms with Crippen LogP contribution in [0.2, 0.25) is 0 Å².